The monoisotopic (exact) mass is 660 g/mol. The number of thioether (sulfide) groups is 1. The van der Waals surface area contributed by atoms with Gasteiger partial charge in [0.05, 0.1) is 28.8 Å². The molecule has 2 N–H and O–H groups in total. The van der Waals surface area contributed by atoms with Crippen LogP contribution in [0.25, 0.3) is 0 Å². The molecule has 0 aromatic heterocycles. The average molecular weight is 661 g/mol. The van der Waals surface area contributed by atoms with Crippen LogP contribution in [0.5, 0.6) is 0 Å². The normalized spacial score (nSPS) is 18.5. The number of aliphatic hydroxyl groups excluding tert-OH is 2. The minimum atomic E-state index is -3.87. The van der Waals surface area contributed by atoms with Gasteiger partial charge in [-0.25, -0.2) is 13.2 Å². The number of hydrogen-bond donors (Lipinski definition) is 2. The highest BCUT2D eigenvalue weighted by Gasteiger charge is 2.45. The van der Waals surface area contributed by atoms with Gasteiger partial charge in [-0.1, -0.05) is 70.6 Å². The van der Waals surface area contributed by atoms with Crippen LogP contribution in [0.2, 0.25) is 0 Å². The van der Waals surface area contributed by atoms with Crippen LogP contribution in [-0.2, 0) is 44.4 Å². The second-order valence-corrected chi connectivity index (χ2v) is 16.2. The van der Waals surface area contributed by atoms with Crippen molar-refractivity contribution in [1.82, 2.24) is 0 Å². The van der Waals surface area contributed by atoms with Crippen molar-refractivity contribution in [2.75, 3.05) is 10.8 Å². The van der Waals surface area contributed by atoms with Gasteiger partial charge in [-0.15, -0.1) is 0 Å². The standard InChI is InChI=1S/C36H40N2O6S2/c1-23(2)36(16-14-25-8-6-7-9-27(25)22-39)20-31(40)33(34(41)44-36)45-32-18-26-15-17-38(30(26)19-29(32)35(3,4)5)46(42,43)28-12-10-24(21-37)11-13-28/h6-13,18-19,23,39-40H,14-17,20,22H2,1-5H3. The van der Waals surface area contributed by atoms with E-state index in [1.807, 2.05) is 77.1 Å². The van der Waals surface area contributed by atoms with Gasteiger partial charge in [0.2, 0.25) is 0 Å². The van der Waals surface area contributed by atoms with Gasteiger partial charge in [0.1, 0.15) is 16.3 Å². The summed E-state index contributed by atoms with van der Waals surface area (Å²) < 4.78 is 34.9. The number of carbonyl (C=O) groups is 1. The van der Waals surface area contributed by atoms with E-state index in [4.69, 9.17) is 10.00 Å². The number of esters is 1. The lowest BCUT2D eigenvalue weighted by molar-refractivity contribution is -0.164. The summed E-state index contributed by atoms with van der Waals surface area (Å²) in [6.45, 7) is 10.2. The van der Waals surface area contributed by atoms with E-state index in [0.717, 1.165) is 27.1 Å². The summed E-state index contributed by atoms with van der Waals surface area (Å²) in [7, 11) is -3.87. The van der Waals surface area contributed by atoms with Gasteiger partial charge in [0.15, 0.2) is 0 Å². The molecule has 0 bridgehead atoms. The van der Waals surface area contributed by atoms with Crippen LogP contribution in [0.3, 0.4) is 0 Å². The summed E-state index contributed by atoms with van der Waals surface area (Å²) in [5.74, 6) is -0.667. The Morgan fingerprint density at radius 2 is 1.76 bits per heavy atom. The highest BCUT2D eigenvalue weighted by molar-refractivity contribution is 8.04. The molecular formula is C36H40N2O6S2. The Bertz CT molecular complexity index is 1840. The largest absolute Gasteiger partial charge is 0.511 e. The summed E-state index contributed by atoms with van der Waals surface area (Å²) in [5.41, 5.74) is 3.13. The maximum absolute atomic E-state index is 13.7. The van der Waals surface area contributed by atoms with E-state index < -0.39 is 27.0 Å². The summed E-state index contributed by atoms with van der Waals surface area (Å²) in [5, 5.41) is 30.3. The molecule has 2 heterocycles. The van der Waals surface area contributed by atoms with E-state index in [-0.39, 0.29) is 41.1 Å². The molecule has 2 aliphatic heterocycles. The number of fused-ring (bicyclic) bond motifs is 1. The van der Waals surface area contributed by atoms with Gasteiger partial charge in [-0.05, 0) is 89.2 Å². The minimum Gasteiger partial charge on any atom is -0.511 e. The topological polar surface area (TPSA) is 128 Å². The van der Waals surface area contributed by atoms with Gasteiger partial charge in [0.25, 0.3) is 10.0 Å². The van der Waals surface area contributed by atoms with E-state index in [1.165, 1.54) is 40.3 Å². The highest BCUT2D eigenvalue weighted by Crippen LogP contribution is 2.47. The second kappa shape index (κ2) is 12.8. The molecule has 0 fully saturated rings. The molecule has 8 nitrogen and oxygen atoms in total. The zero-order valence-corrected chi connectivity index (χ0v) is 28.5. The first kappa shape index (κ1) is 33.6. The first-order chi connectivity index (χ1) is 21.7. The number of rotatable bonds is 9. The molecule has 3 aromatic carbocycles. The predicted molar refractivity (Wildman–Crippen MR) is 179 cm³/mol. The first-order valence-electron chi connectivity index (χ1n) is 15.4. The molecule has 10 heteroatoms. The van der Waals surface area contributed by atoms with E-state index in [2.05, 4.69) is 0 Å². The van der Waals surface area contributed by atoms with E-state index in [0.29, 0.717) is 30.5 Å². The SMILES string of the molecule is CC(C)C1(CCc2ccccc2CO)CC(O)=C(Sc2cc3c(cc2C(C)(C)C)N(S(=O)(=O)c2ccc(C#N)cc2)CC3)C(=O)O1. The number of nitriles is 1. The maximum atomic E-state index is 13.7. The van der Waals surface area contributed by atoms with Gasteiger partial charge in [-0.3, -0.25) is 4.31 Å². The molecule has 2 aliphatic rings. The Kier molecular flexibility index (Phi) is 9.33. The lowest BCUT2D eigenvalue weighted by Gasteiger charge is -2.40. The number of benzene rings is 3. The number of aryl methyl sites for hydroxylation is 1. The molecule has 0 saturated carbocycles. The van der Waals surface area contributed by atoms with Crippen molar-refractivity contribution in [1.29, 1.82) is 5.26 Å². The average Bonchev–Trinajstić information content (AvgIpc) is 3.45. The molecule has 0 saturated heterocycles. The van der Waals surface area contributed by atoms with Crippen LogP contribution in [-0.4, -0.2) is 36.7 Å². The molecule has 5 rings (SSSR count). The quantitative estimate of drug-likeness (QED) is 0.237. The van der Waals surface area contributed by atoms with Gasteiger partial charge < -0.3 is 14.9 Å². The molecule has 1 unspecified atom stereocenters. The van der Waals surface area contributed by atoms with Crippen molar-refractivity contribution in [2.24, 2.45) is 5.92 Å². The fraction of sp³-hybridized carbons (Fsp3) is 0.389. The smallest absolute Gasteiger partial charge is 0.349 e. The number of hydrogen-bond acceptors (Lipinski definition) is 8. The van der Waals surface area contributed by atoms with Crippen molar-refractivity contribution in [3.05, 3.63) is 99.1 Å². The Hall–Kier alpha value is -3.78. The molecule has 46 heavy (non-hydrogen) atoms. The molecular weight excluding hydrogens is 621 g/mol. The van der Waals surface area contributed by atoms with Crippen LogP contribution < -0.4 is 4.31 Å². The Balaban J connectivity index is 1.46. The Morgan fingerprint density at radius 3 is 2.35 bits per heavy atom. The molecule has 1 atom stereocenters. The Morgan fingerprint density at radius 1 is 1.09 bits per heavy atom. The summed E-state index contributed by atoms with van der Waals surface area (Å²) in [4.78, 5) is 14.6. The molecule has 3 aromatic rings. The van der Waals surface area contributed by atoms with Gasteiger partial charge >= 0.3 is 5.97 Å². The first-order valence-corrected chi connectivity index (χ1v) is 17.7. The van der Waals surface area contributed by atoms with Crippen LogP contribution in [0.4, 0.5) is 5.69 Å². The van der Waals surface area contributed by atoms with Crippen molar-refractivity contribution >= 4 is 33.4 Å². The number of cyclic esters (lactones) is 1. The fourth-order valence-electron chi connectivity index (χ4n) is 6.15. The molecule has 0 spiro atoms. The van der Waals surface area contributed by atoms with Crippen LogP contribution >= 0.6 is 11.8 Å². The van der Waals surface area contributed by atoms with Crippen molar-refractivity contribution < 1.29 is 28.2 Å². The van der Waals surface area contributed by atoms with Crippen LogP contribution in [0.1, 0.15) is 75.3 Å². The zero-order valence-electron chi connectivity index (χ0n) is 26.8. The maximum Gasteiger partial charge on any atom is 0.349 e. The molecule has 0 radical (unpaired) electrons. The summed E-state index contributed by atoms with van der Waals surface area (Å²) >= 11 is 1.17. The van der Waals surface area contributed by atoms with Crippen molar-refractivity contribution in [2.45, 2.75) is 87.7 Å². The number of sulfonamides is 1. The predicted octanol–water partition coefficient (Wildman–Crippen LogP) is 6.94. The van der Waals surface area contributed by atoms with Gasteiger partial charge in [-0.2, -0.15) is 5.26 Å². The number of aliphatic hydroxyl groups is 2. The van der Waals surface area contributed by atoms with Crippen molar-refractivity contribution in [3.8, 4) is 6.07 Å². The highest BCUT2D eigenvalue weighted by atomic mass is 32.2. The van der Waals surface area contributed by atoms with Crippen LogP contribution in [0, 0.1) is 17.2 Å². The summed E-state index contributed by atoms with van der Waals surface area (Å²) in [6, 6.07) is 19.4. The Labute approximate surface area is 275 Å². The number of anilines is 1. The zero-order chi connectivity index (χ0) is 33.4. The van der Waals surface area contributed by atoms with Crippen molar-refractivity contribution in [3.63, 3.8) is 0 Å². The third kappa shape index (κ3) is 6.41. The summed E-state index contributed by atoms with van der Waals surface area (Å²) in [6.07, 6.45) is 1.74. The molecule has 0 amide bonds. The number of nitrogens with zero attached hydrogens (tertiary/aromatic N) is 2. The molecule has 242 valence electrons. The lowest BCUT2D eigenvalue weighted by atomic mass is 9.79. The lowest BCUT2D eigenvalue weighted by Crippen LogP contribution is -2.44. The number of ether oxygens (including phenoxy) is 1. The minimum absolute atomic E-state index is 0.0178. The van der Waals surface area contributed by atoms with Gasteiger partial charge in [0, 0.05) is 17.9 Å². The third-order valence-corrected chi connectivity index (χ3v) is 12.0. The van der Waals surface area contributed by atoms with E-state index in [1.54, 1.807) is 0 Å². The third-order valence-electron chi connectivity index (χ3n) is 8.99. The van der Waals surface area contributed by atoms with Crippen LogP contribution in [0.15, 0.2) is 81.1 Å². The number of carbonyl (C=O) groups excluding carboxylic acids is 1. The van der Waals surface area contributed by atoms with E-state index in [9.17, 15) is 23.4 Å². The van der Waals surface area contributed by atoms with E-state index >= 15 is 0 Å². The fourth-order valence-corrected chi connectivity index (χ4v) is 8.85. The molecule has 0 aliphatic carbocycles. The second-order valence-electron chi connectivity index (χ2n) is 13.3.